The zero-order chi connectivity index (χ0) is 22.0. The molecule has 4 aromatic rings. The minimum Gasteiger partial charge on any atom is -0.344 e. The summed E-state index contributed by atoms with van der Waals surface area (Å²) in [6, 6.07) is 16.4. The molecule has 4 rings (SSSR count). The molecule has 2 aromatic carbocycles. The van der Waals surface area contributed by atoms with Crippen LogP contribution in [0, 0.1) is 0 Å². The molecule has 2 heterocycles. The fourth-order valence-corrected chi connectivity index (χ4v) is 3.69. The molecule has 0 aliphatic carbocycles. The molecule has 158 valence electrons. The van der Waals surface area contributed by atoms with Crippen LogP contribution in [0.3, 0.4) is 0 Å². The van der Waals surface area contributed by atoms with Crippen molar-refractivity contribution in [1.29, 1.82) is 0 Å². The number of H-pyrrole nitrogens is 1. The Morgan fingerprint density at radius 2 is 1.74 bits per heavy atom. The van der Waals surface area contributed by atoms with Crippen molar-refractivity contribution in [2.45, 2.75) is 26.2 Å². The molecule has 0 fully saturated rings. The Labute approximate surface area is 179 Å². The van der Waals surface area contributed by atoms with Gasteiger partial charge in [-0.3, -0.25) is 9.59 Å². The smallest absolute Gasteiger partial charge is 0.333 e. The van der Waals surface area contributed by atoms with Crippen molar-refractivity contribution in [2.24, 2.45) is 7.05 Å². The van der Waals surface area contributed by atoms with E-state index in [1.54, 1.807) is 42.1 Å². The summed E-state index contributed by atoms with van der Waals surface area (Å²) in [5, 5.41) is 2.85. The summed E-state index contributed by atoms with van der Waals surface area (Å²) in [4.78, 5) is 41.4. The van der Waals surface area contributed by atoms with Gasteiger partial charge in [0.15, 0.2) is 0 Å². The highest BCUT2D eigenvalue weighted by atomic mass is 16.2. The largest absolute Gasteiger partial charge is 0.344 e. The van der Waals surface area contributed by atoms with E-state index in [1.807, 2.05) is 30.3 Å². The second-order valence-corrected chi connectivity index (χ2v) is 7.54. The molecule has 0 unspecified atom stereocenters. The van der Waals surface area contributed by atoms with Crippen LogP contribution < -0.4 is 16.6 Å². The number of nitrogens with one attached hydrogen (secondary N) is 2. The molecule has 0 saturated carbocycles. The number of hydrogen-bond acceptors (Lipinski definition) is 3. The zero-order valence-electron chi connectivity index (χ0n) is 17.5. The van der Waals surface area contributed by atoms with Crippen LogP contribution in [0.2, 0.25) is 0 Å². The third kappa shape index (κ3) is 3.94. The van der Waals surface area contributed by atoms with Crippen LogP contribution in [-0.2, 0) is 13.5 Å². The number of amides is 1. The van der Waals surface area contributed by atoms with E-state index in [4.69, 9.17) is 0 Å². The summed E-state index contributed by atoms with van der Waals surface area (Å²) < 4.78 is 2.63. The molecule has 0 spiro atoms. The highest BCUT2D eigenvalue weighted by Gasteiger charge is 2.20. The molecule has 0 radical (unpaired) electrons. The van der Waals surface area contributed by atoms with Gasteiger partial charge in [-0.1, -0.05) is 43.7 Å². The van der Waals surface area contributed by atoms with Crippen molar-refractivity contribution >= 4 is 22.6 Å². The molecule has 0 aliphatic heterocycles. The SMILES string of the molecule is CCCCc1ccc(NC(=O)c2cn(C)c3c(=O)n(-c4ccccc4)c(=O)[nH]c23)cc1. The molecule has 1 amide bonds. The van der Waals surface area contributed by atoms with Gasteiger partial charge in [0.2, 0.25) is 0 Å². The average molecular weight is 416 g/mol. The molecule has 7 nitrogen and oxygen atoms in total. The number of nitrogens with zero attached hydrogens (tertiary/aromatic N) is 2. The predicted octanol–water partition coefficient (Wildman–Crippen LogP) is 3.61. The van der Waals surface area contributed by atoms with Crippen LogP contribution in [0.5, 0.6) is 0 Å². The van der Waals surface area contributed by atoms with Crippen LogP contribution in [0.25, 0.3) is 16.7 Å². The molecule has 0 saturated heterocycles. The molecule has 0 atom stereocenters. The van der Waals surface area contributed by atoms with E-state index in [0.717, 1.165) is 23.8 Å². The first-order chi connectivity index (χ1) is 15.0. The third-order valence-corrected chi connectivity index (χ3v) is 5.31. The van der Waals surface area contributed by atoms with Crippen LogP contribution >= 0.6 is 0 Å². The minimum atomic E-state index is -0.593. The Kier molecular flexibility index (Phi) is 5.58. The minimum absolute atomic E-state index is 0.224. The number of anilines is 1. The summed E-state index contributed by atoms with van der Waals surface area (Å²) in [7, 11) is 1.68. The van der Waals surface area contributed by atoms with Gasteiger partial charge in [0.05, 0.1) is 16.8 Å². The van der Waals surface area contributed by atoms with E-state index in [9.17, 15) is 14.4 Å². The number of hydrogen-bond donors (Lipinski definition) is 2. The van der Waals surface area contributed by atoms with Gasteiger partial charge in [-0.15, -0.1) is 0 Å². The lowest BCUT2D eigenvalue weighted by atomic mass is 10.1. The normalized spacial score (nSPS) is 11.0. The number of aryl methyl sites for hydroxylation is 2. The fraction of sp³-hybridized carbons (Fsp3) is 0.208. The van der Waals surface area contributed by atoms with Gasteiger partial charge in [0.25, 0.3) is 11.5 Å². The number of aromatic nitrogens is 3. The summed E-state index contributed by atoms with van der Waals surface area (Å²) in [6.07, 6.45) is 4.81. The van der Waals surface area contributed by atoms with E-state index >= 15 is 0 Å². The molecule has 31 heavy (non-hydrogen) atoms. The van der Waals surface area contributed by atoms with Crippen molar-refractivity contribution in [1.82, 2.24) is 14.1 Å². The summed E-state index contributed by atoms with van der Waals surface area (Å²) in [6.45, 7) is 2.15. The number of unbranched alkanes of at least 4 members (excludes halogenated alkanes) is 1. The summed E-state index contributed by atoms with van der Waals surface area (Å²) >= 11 is 0. The lowest BCUT2D eigenvalue weighted by Crippen LogP contribution is -2.34. The molecule has 0 bridgehead atoms. The lowest BCUT2D eigenvalue weighted by molar-refractivity contribution is 0.102. The molecule has 2 N–H and O–H groups in total. The average Bonchev–Trinajstić information content (AvgIpc) is 3.10. The van der Waals surface area contributed by atoms with Gasteiger partial charge in [0.1, 0.15) is 5.52 Å². The standard InChI is InChI=1S/C24H24N4O3/c1-3-4-8-16-11-13-17(14-12-16)25-22(29)19-15-27(2)21-20(19)26-24(31)28(23(21)30)18-9-6-5-7-10-18/h5-7,9-15H,3-4,8H2,1-2H3,(H,25,29)(H,26,31). The number of rotatable bonds is 6. The quantitative estimate of drug-likeness (QED) is 0.503. The van der Waals surface area contributed by atoms with Gasteiger partial charge in [-0.05, 0) is 42.7 Å². The second-order valence-electron chi connectivity index (χ2n) is 7.54. The number of aromatic amines is 1. The first-order valence-electron chi connectivity index (χ1n) is 10.3. The van der Waals surface area contributed by atoms with Crippen LogP contribution in [0.15, 0.2) is 70.4 Å². The Morgan fingerprint density at radius 3 is 2.42 bits per heavy atom. The van der Waals surface area contributed by atoms with E-state index in [2.05, 4.69) is 17.2 Å². The first-order valence-corrected chi connectivity index (χ1v) is 10.3. The van der Waals surface area contributed by atoms with E-state index < -0.39 is 11.2 Å². The highest BCUT2D eigenvalue weighted by Crippen LogP contribution is 2.18. The Morgan fingerprint density at radius 1 is 1.03 bits per heavy atom. The predicted molar refractivity (Wildman–Crippen MR) is 122 cm³/mol. The van der Waals surface area contributed by atoms with Crippen LogP contribution in [0.4, 0.5) is 5.69 Å². The van der Waals surface area contributed by atoms with Crippen molar-refractivity contribution < 1.29 is 4.79 Å². The van der Waals surface area contributed by atoms with E-state index in [-0.39, 0.29) is 22.5 Å². The first kappa shape index (κ1) is 20.4. The van der Waals surface area contributed by atoms with Crippen molar-refractivity contribution in [2.75, 3.05) is 5.32 Å². The number of carbonyl (C=O) groups excluding carboxylic acids is 1. The number of benzene rings is 2. The van der Waals surface area contributed by atoms with Crippen molar-refractivity contribution in [3.05, 3.63) is 92.8 Å². The number of carbonyl (C=O) groups is 1. The van der Waals surface area contributed by atoms with Gasteiger partial charge in [-0.25, -0.2) is 9.36 Å². The van der Waals surface area contributed by atoms with E-state index in [0.29, 0.717) is 11.4 Å². The number of fused-ring (bicyclic) bond motifs is 1. The van der Waals surface area contributed by atoms with Crippen LogP contribution in [0.1, 0.15) is 35.7 Å². The molecule has 2 aromatic heterocycles. The van der Waals surface area contributed by atoms with Crippen molar-refractivity contribution in [3.63, 3.8) is 0 Å². The molecule has 7 heteroatoms. The number of para-hydroxylation sites is 1. The zero-order valence-corrected chi connectivity index (χ0v) is 17.5. The lowest BCUT2D eigenvalue weighted by Gasteiger charge is -2.07. The maximum absolute atomic E-state index is 13.1. The molecular formula is C24H24N4O3. The monoisotopic (exact) mass is 416 g/mol. The van der Waals surface area contributed by atoms with Gasteiger partial charge >= 0.3 is 5.69 Å². The highest BCUT2D eigenvalue weighted by molar-refractivity contribution is 6.11. The maximum atomic E-state index is 13.1. The summed E-state index contributed by atoms with van der Waals surface area (Å²) in [5.41, 5.74) is 1.98. The second kappa shape index (κ2) is 8.47. The maximum Gasteiger partial charge on any atom is 0.333 e. The van der Waals surface area contributed by atoms with Gasteiger partial charge in [-0.2, -0.15) is 0 Å². The fourth-order valence-electron chi connectivity index (χ4n) is 3.69. The summed E-state index contributed by atoms with van der Waals surface area (Å²) in [5.74, 6) is -0.389. The van der Waals surface area contributed by atoms with Crippen LogP contribution in [-0.4, -0.2) is 20.0 Å². The van der Waals surface area contributed by atoms with Crippen molar-refractivity contribution in [3.8, 4) is 5.69 Å². The van der Waals surface area contributed by atoms with Gasteiger partial charge < -0.3 is 14.9 Å². The Bertz CT molecular complexity index is 1350. The topological polar surface area (TPSA) is 88.9 Å². The van der Waals surface area contributed by atoms with Gasteiger partial charge in [0, 0.05) is 18.9 Å². The van der Waals surface area contributed by atoms with E-state index in [1.165, 1.54) is 5.56 Å². The Hall–Kier alpha value is -3.87. The third-order valence-electron chi connectivity index (χ3n) is 5.31. The Balaban J connectivity index is 1.70. The molecular weight excluding hydrogens is 392 g/mol. The molecule has 0 aliphatic rings.